The van der Waals surface area contributed by atoms with Gasteiger partial charge >= 0.3 is 0 Å². The summed E-state index contributed by atoms with van der Waals surface area (Å²) in [7, 11) is 0. The van der Waals surface area contributed by atoms with Gasteiger partial charge in [0, 0.05) is 18.6 Å². The third-order valence-corrected chi connectivity index (χ3v) is 4.23. The summed E-state index contributed by atoms with van der Waals surface area (Å²) >= 11 is 0. The van der Waals surface area contributed by atoms with E-state index in [9.17, 15) is 0 Å². The molecule has 0 spiro atoms. The standard InChI is InChI=1S/C15H21NO/c16-15(14-7-8-17-10-14)13-6-5-11-3-1-2-4-12(11)9-13/h5-6,9,14-15H,1-4,7-8,10,16H2. The zero-order chi connectivity index (χ0) is 11.7. The average Bonchev–Trinajstić information content (AvgIpc) is 2.91. The number of aryl methyl sites for hydroxylation is 2. The lowest BCUT2D eigenvalue weighted by Crippen LogP contribution is -2.22. The Morgan fingerprint density at radius 1 is 1.18 bits per heavy atom. The Balaban J connectivity index is 1.82. The van der Waals surface area contributed by atoms with Gasteiger partial charge in [-0.15, -0.1) is 0 Å². The first-order chi connectivity index (χ1) is 8.34. The molecule has 2 heteroatoms. The zero-order valence-electron chi connectivity index (χ0n) is 10.3. The molecule has 2 unspecified atom stereocenters. The van der Waals surface area contributed by atoms with E-state index >= 15 is 0 Å². The fourth-order valence-corrected chi connectivity index (χ4v) is 3.07. The molecule has 0 bridgehead atoms. The van der Waals surface area contributed by atoms with Gasteiger partial charge in [0.05, 0.1) is 6.61 Å². The van der Waals surface area contributed by atoms with Gasteiger partial charge in [-0.25, -0.2) is 0 Å². The normalized spacial score (nSPS) is 25.6. The van der Waals surface area contributed by atoms with Gasteiger partial charge in [0.25, 0.3) is 0 Å². The highest BCUT2D eigenvalue weighted by atomic mass is 16.5. The van der Waals surface area contributed by atoms with E-state index in [1.54, 1.807) is 0 Å². The van der Waals surface area contributed by atoms with Crippen molar-refractivity contribution >= 4 is 0 Å². The highest BCUT2D eigenvalue weighted by Crippen LogP contribution is 2.30. The molecule has 2 N–H and O–H groups in total. The van der Waals surface area contributed by atoms with E-state index in [0.29, 0.717) is 5.92 Å². The van der Waals surface area contributed by atoms with Crippen LogP contribution in [0.4, 0.5) is 0 Å². The zero-order valence-corrected chi connectivity index (χ0v) is 10.3. The van der Waals surface area contributed by atoms with Gasteiger partial charge in [0.2, 0.25) is 0 Å². The molecule has 1 aromatic rings. The Morgan fingerprint density at radius 2 is 2.00 bits per heavy atom. The molecule has 1 aliphatic heterocycles. The Bertz CT molecular complexity index is 396. The maximum atomic E-state index is 6.35. The van der Waals surface area contributed by atoms with Gasteiger partial charge in [0.1, 0.15) is 0 Å². The fraction of sp³-hybridized carbons (Fsp3) is 0.600. The first kappa shape index (κ1) is 11.2. The van der Waals surface area contributed by atoms with E-state index in [-0.39, 0.29) is 6.04 Å². The molecule has 92 valence electrons. The van der Waals surface area contributed by atoms with Crippen molar-refractivity contribution in [3.63, 3.8) is 0 Å². The van der Waals surface area contributed by atoms with Crippen LogP contribution in [0.5, 0.6) is 0 Å². The molecular weight excluding hydrogens is 210 g/mol. The second kappa shape index (κ2) is 4.79. The molecular formula is C15H21NO. The van der Waals surface area contributed by atoms with E-state index in [1.807, 2.05) is 0 Å². The Hall–Kier alpha value is -0.860. The minimum absolute atomic E-state index is 0.157. The number of rotatable bonds is 2. The number of benzene rings is 1. The van der Waals surface area contributed by atoms with Crippen LogP contribution in [0.2, 0.25) is 0 Å². The van der Waals surface area contributed by atoms with E-state index in [2.05, 4.69) is 18.2 Å². The topological polar surface area (TPSA) is 35.2 Å². The summed E-state index contributed by atoms with van der Waals surface area (Å²) in [6.45, 7) is 1.71. The molecule has 3 rings (SSSR count). The van der Waals surface area contributed by atoms with Crippen LogP contribution in [0.15, 0.2) is 18.2 Å². The number of fused-ring (bicyclic) bond motifs is 1. The maximum Gasteiger partial charge on any atom is 0.0513 e. The Kier molecular flexibility index (Phi) is 3.17. The van der Waals surface area contributed by atoms with Crippen molar-refractivity contribution in [3.8, 4) is 0 Å². The second-order valence-corrected chi connectivity index (χ2v) is 5.38. The van der Waals surface area contributed by atoms with Gasteiger partial charge < -0.3 is 10.5 Å². The first-order valence-corrected chi connectivity index (χ1v) is 6.79. The first-order valence-electron chi connectivity index (χ1n) is 6.79. The molecule has 1 saturated heterocycles. The number of ether oxygens (including phenoxy) is 1. The van der Waals surface area contributed by atoms with Crippen LogP contribution >= 0.6 is 0 Å². The maximum absolute atomic E-state index is 6.35. The highest BCUT2D eigenvalue weighted by molar-refractivity contribution is 5.35. The lowest BCUT2D eigenvalue weighted by molar-refractivity contribution is 0.181. The summed E-state index contributed by atoms with van der Waals surface area (Å²) in [5.74, 6) is 0.511. The molecule has 2 atom stereocenters. The molecule has 0 aromatic heterocycles. The summed E-state index contributed by atoms with van der Waals surface area (Å²) in [6, 6.07) is 7.02. The highest BCUT2D eigenvalue weighted by Gasteiger charge is 2.24. The number of hydrogen-bond acceptors (Lipinski definition) is 2. The SMILES string of the molecule is NC(c1ccc2c(c1)CCCC2)C1CCOC1. The molecule has 0 amide bonds. The Labute approximate surface area is 103 Å². The van der Waals surface area contributed by atoms with Crippen molar-refractivity contribution < 1.29 is 4.74 Å². The van der Waals surface area contributed by atoms with E-state index in [1.165, 1.54) is 42.4 Å². The van der Waals surface area contributed by atoms with Crippen molar-refractivity contribution in [2.75, 3.05) is 13.2 Å². The van der Waals surface area contributed by atoms with Gasteiger partial charge in [-0.05, 0) is 48.8 Å². The van der Waals surface area contributed by atoms with Gasteiger partial charge in [-0.3, -0.25) is 0 Å². The smallest absolute Gasteiger partial charge is 0.0513 e. The largest absolute Gasteiger partial charge is 0.381 e. The van der Waals surface area contributed by atoms with Gasteiger partial charge in [0.15, 0.2) is 0 Å². The summed E-state index contributed by atoms with van der Waals surface area (Å²) in [5, 5.41) is 0. The summed E-state index contributed by atoms with van der Waals surface area (Å²) in [6.07, 6.45) is 6.26. The minimum Gasteiger partial charge on any atom is -0.381 e. The van der Waals surface area contributed by atoms with Crippen molar-refractivity contribution in [3.05, 3.63) is 34.9 Å². The van der Waals surface area contributed by atoms with Crippen LogP contribution in [0, 0.1) is 5.92 Å². The third kappa shape index (κ3) is 2.24. The molecule has 0 radical (unpaired) electrons. The van der Waals surface area contributed by atoms with Crippen molar-refractivity contribution in [1.82, 2.24) is 0 Å². The number of nitrogens with two attached hydrogens (primary N) is 1. The molecule has 1 aliphatic carbocycles. The minimum atomic E-state index is 0.157. The summed E-state index contributed by atoms with van der Waals surface area (Å²) < 4.78 is 5.43. The molecule has 2 nitrogen and oxygen atoms in total. The molecule has 1 aromatic carbocycles. The predicted molar refractivity (Wildman–Crippen MR) is 68.9 cm³/mol. The summed E-state index contributed by atoms with van der Waals surface area (Å²) in [4.78, 5) is 0. The van der Waals surface area contributed by atoms with E-state index in [4.69, 9.17) is 10.5 Å². The van der Waals surface area contributed by atoms with Crippen LogP contribution in [-0.4, -0.2) is 13.2 Å². The van der Waals surface area contributed by atoms with Crippen molar-refractivity contribution in [2.24, 2.45) is 11.7 Å². The fourth-order valence-electron chi connectivity index (χ4n) is 3.07. The van der Waals surface area contributed by atoms with Gasteiger partial charge in [-0.2, -0.15) is 0 Å². The number of hydrogen-bond donors (Lipinski definition) is 1. The lowest BCUT2D eigenvalue weighted by Gasteiger charge is -2.22. The Morgan fingerprint density at radius 3 is 2.76 bits per heavy atom. The quantitative estimate of drug-likeness (QED) is 0.849. The molecule has 1 heterocycles. The van der Waals surface area contributed by atoms with Crippen LogP contribution in [-0.2, 0) is 17.6 Å². The molecule has 0 saturated carbocycles. The monoisotopic (exact) mass is 231 g/mol. The average molecular weight is 231 g/mol. The molecule has 2 aliphatic rings. The van der Waals surface area contributed by atoms with Gasteiger partial charge in [-0.1, -0.05) is 18.2 Å². The van der Waals surface area contributed by atoms with E-state index in [0.717, 1.165) is 19.6 Å². The van der Waals surface area contributed by atoms with E-state index < -0.39 is 0 Å². The predicted octanol–water partition coefficient (Wildman–Crippen LogP) is 2.60. The lowest BCUT2D eigenvalue weighted by atomic mass is 9.86. The van der Waals surface area contributed by atoms with Crippen LogP contribution in [0.25, 0.3) is 0 Å². The van der Waals surface area contributed by atoms with Crippen LogP contribution < -0.4 is 5.73 Å². The second-order valence-electron chi connectivity index (χ2n) is 5.38. The third-order valence-electron chi connectivity index (χ3n) is 4.23. The van der Waals surface area contributed by atoms with Crippen molar-refractivity contribution in [2.45, 2.75) is 38.1 Å². The summed E-state index contributed by atoms with van der Waals surface area (Å²) in [5.41, 5.74) is 10.7. The van der Waals surface area contributed by atoms with Crippen molar-refractivity contribution in [1.29, 1.82) is 0 Å². The molecule has 17 heavy (non-hydrogen) atoms. The van der Waals surface area contributed by atoms with Crippen LogP contribution in [0.1, 0.15) is 42.0 Å². The molecule has 1 fully saturated rings. The van der Waals surface area contributed by atoms with Crippen LogP contribution in [0.3, 0.4) is 0 Å².